The van der Waals surface area contributed by atoms with Crippen LogP contribution in [0.3, 0.4) is 0 Å². The van der Waals surface area contributed by atoms with E-state index in [-0.39, 0.29) is 6.04 Å². The Morgan fingerprint density at radius 3 is 2.61 bits per heavy atom. The molecule has 0 radical (unpaired) electrons. The Balaban J connectivity index is 1.76. The van der Waals surface area contributed by atoms with Gasteiger partial charge < -0.3 is 13.7 Å². The zero-order valence-electron chi connectivity index (χ0n) is 18.4. The van der Waals surface area contributed by atoms with Crippen molar-refractivity contribution in [1.29, 1.82) is 0 Å². The number of furan rings is 1. The van der Waals surface area contributed by atoms with Crippen molar-refractivity contribution in [2.45, 2.75) is 26.3 Å². The SMILES string of the molecule is CC(C)n1cc(C2=C(c3cccc4ccoc34)C(=O)NC2=O)c2cc(OCCCBr)ccc21. The lowest BCUT2D eigenvalue weighted by Crippen LogP contribution is -2.22. The number of alkyl halides is 1. The van der Waals surface area contributed by atoms with Crippen LogP contribution in [0.4, 0.5) is 0 Å². The molecule has 1 N–H and O–H groups in total. The van der Waals surface area contributed by atoms with Crippen LogP contribution >= 0.6 is 15.9 Å². The minimum absolute atomic E-state index is 0.166. The monoisotopic (exact) mass is 506 g/mol. The summed E-state index contributed by atoms with van der Waals surface area (Å²) in [5, 5.41) is 5.09. The van der Waals surface area contributed by atoms with Crippen LogP contribution in [0, 0.1) is 0 Å². The Morgan fingerprint density at radius 1 is 1.06 bits per heavy atom. The summed E-state index contributed by atoms with van der Waals surface area (Å²) in [7, 11) is 0. The summed E-state index contributed by atoms with van der Waals surface area (Å²) in [5.74, 6) is -0.104. The molecule has 0 saturated heterocycles. The van der Waals surface area contributed by atoms with Crippen molar-refractivity contribution in [2.75, 3.05) is 11.9 Å². The number of ether oxygens (including phenoxy) is 1. The van der Waals surface area contributed by atoms with E-state index in [0.29, 0.717) is 34.5 Å². The van der Waals surface area contributed by atoms with Gasteiger partial charge in [0.25, 0.3) is 11.8 Å². The predicted octanol–water partition coefficient (Wildman–Crippen LogP) is 5.70. The Bertz CT molecular complexity index is 1430. The Labute approximate surface area is 199 Å². The fourth-order valence-corrected chi connectivity index (χ4v) is 4.58. The van der Waals surface area contributed by atoms with Crippen LogP contribution in [-0.4, -0.2) is 28.3 Å². The second-order valence-electron chi connectivity index (χ2n) is 8.29. The van der Waals surface area contributed by atoms with Gasteiger partial charge in [-0.05, 0) is 44.5 Å². The van der Waals surface area contributed by atoms with Crippen LogP contribution in [0.1, 0.15) is 37.4 Å². The second kappa shape index (κ2) is 8.56. The van der Waals surface area contributed by atoms with E-state index in [2.05, 4.69) is 39.7 Å². The van der Waals surface area contributed by atoms with Gasteiger partial charge in [0.1, 0.15) is 11.3 Å². The highest BCUT2D eigenvalue weighted by Gasteiger charge is 2.35. The quantitative estimate of drug-likeness (QED) is 0.198. The first-order chi connectivity index (χ1) is 16.0. The molecule has 2 amide bonds. The second-order valence-corrected chi connectivity index (χ2v) is 9.08. The summed E-state index contributed by atoms with van der Waals surface area (Å²) < 4.78 is 13.7. The highest BCUT2D eigenvalue weighted by Crippen LogP contribution is 2.40. The van der Waals surface area contributed by atoms with Crippen LogP contribution in [0.5, 0.6) is 5.75 Å². The van der Waals surface area contributed by atoms with E-state index in [1.807, 2.05) is 48.7 Å². The van der Waals surface area contributed by atoms with Crippen molar-refractivity contribution < 1.29 is 18.7 Å². The lowest BCUT2D eigenvalue weighted by atomic mass is 9.95. The third-order valence-electron chi connectivity index (χ3n) is 5.86. The topological polar surface area (TPSA) is 73.5 Å². The van der Waals surface area contributed by atoms with Gasteiger partial charge in [-0.15, -0.1) is 0 Å². The van der Waals surface area contributed by atoms with Gasteiger partial charge in [0.05, 0.1) is 24.0 Å². The molecule has 0 bridgehead atoms. The zero-order valence-corrected chi connectivity index (χ0v) is 19.9. The number of rotatable bonds is 7. The molecule has 4 aromatic rings. The number of hydrogen-bond acceptors (Lipinski definition) is 4. The van der Waals surface area contributed by atoms with Crippen LogP contribution in [0.25, 0.3) is 33.0 Å². The third kappa shape index (κ3) is 3.66. The van der Waals surface area contributed by atoms with Crippen molar-refractivity contribution in [2.24, 2.45) is 0 Å². The number of aromatic nitrogens is 1. The van der Waals surface area contributed by atoms with Crippen molar-refractivity contribution in [3.05, 3.63) is 66.1 Å². The van der Waals surface area contributed by atoms with Crippen molar-refractivity contribution in [3.8, 4) is 5.75 Å². The fraction of sp³-hybridized carbons (Fsp3) is 0.231. The number of amides is 2. The lowest BCUT2D eigenvalue weighted by molar-refractivity contribution is -0.122. The van der Waals surface area contributed by atoms with Gasteiger partial charge in [0.15, 0.2) is 0 Å². The van der Waals surface area contributed by atoms with E-state index in [1.165, 1.54) is 0 Å². The summed E-state index contributed by atoms with van der Waals surface area (Å²) in [6, 6.07) is 13.5. The molecule has 0 spiro atoms. The Morgan fingerprint density at radius 2 is 1.85 bits per heavy atom. The summed E-state index contributed by atoms with van der Waals surface area (Å²) in [5.41, 5.74) is 3.54. The number of hydrogen-bond donors (Lipinski definition) is 1. The number of para-hydroxylation sites is 1. The first-order valence-corrected chi connectivity index (χ1v) is 12.0. The van der Waals surface area contributed by atoms with E-state index >= 15 is 0 Å². The molecule has 168 valence electrons. The first kappa shape index (κ1) is 21.5. The maximum Gasteiger partial charge on any atom is 0.259 e. The molecule has 0 saturated carbocycles. The Kier molecular flexibility index (Phi) is 5.58. The molecule has 6 nitrogen and oxygen atoms in total. The molecule has 0 atom stereocenters. The number of carbonyl (C=O) groups excluding carboxylic acids is 2. The zero-order chi connectivity index (χ0) is 23.1. The van der Waals surface area contributed by atoms with Crippen LogP contribution in [-0.2, 0) is 9.59 Å². The molecule has 0 aliphatic carbocycles. The van der Waals surface area contributed by atoms with Gasteiger partial charge in [-0.1, -0.05) is 34.1 Å². The number of nitrogens with one attached hydrogen (secondary N) is 1. The van der Waals surface area contributed by atoms with Gasteiger partial charge in [0, 0.05) is 45.0 Å². The number of fused-ring (bicyclic) bond motifs is 2. The molecule has 1 aliphatic rings. The molecular formula is C26H23BrN2O4. The van der Waals surface area contributed by atoms with Crippen LogP contribution in [0.2, 0.25) is 0 Å². The van der Waals surface area contributed by atoms with Crippen LogP contribution in [0.15, 0.2) is 59.3 Å². The van der Waals surface area contributed by atoms with Gasteiger partial charge in [0.2, 0.25) is 0 Å². The maximum absolute atomic E-state index is 13.1. The van der Waals surface area contributed by atoms with Gasteiger partial charge in [-0.25, -0.2) is 0 Å². The number of halogens is 1. The molecule has 2 aromatic heterocycles. The molecule has 2 aromatic carbocycles. The molecule has 33 heavy (non-hydrogen) atoms. The highest BCUT2D eigenvalue weighted by molar-refractivity contribution is 9.09. The number of nitrogens with zero attached hydrogens (tertiary/aromatic N) is 1. The third-order valence-corrected chi connectivity index (χ3v) is 6.42. The van der Waals surface area contributed by atoms with Gasteiger partial charge in [-0.3, -0.25) is 14.9 Å². The van der Waals surface area contributed by atoms with Crippen molar-refractivity contribution >= 4 is 60.8 Å². The van der Waals surface area contributed by atoms with E-state index < -0.39 is 11.8 Å². The van der Waals surface area contributed by atoms with Crippen LogP contribution < -0.4 is 10.1 Å². The number of imide groups is 1. The highest BCUT2D eigenvalue weighted by atomic mass is 79.9. The molecule has 7 heteroatoms. The molecule has 3 heterocycles. The molecule has 5 rings (SSSR count). The number of carbonyl (C=O) groups is 2. The smallest absolute Gasteiger partial charge is 0.259 e. The van der Waals surface area contributed by atoms with E-state index in [9.17, 15) is 9.59 Å². The van der Waals surface area contributed by atoms with E-state index in [4.69, 9.17) is 9.15 Å². The molecule has 0 unspecified atom stereocenters. The summed E-state index contributed by atoms with van der Waals surface area (Å²) in [6.45, 7) is 4.76. The summed E-state index contributed by atoms with van der Waals surface area (Å²) in [6.07, 6.45) is 4.43. The number of benzene rings is 2. The molecule has 1 aliphatic heterocycles. The molecular weight excluding hydrogens is 484 g/mol. The van der Waals surface area contributed by atoms with Gasteiger partial charge >= 0.3 is 0 Å². The average molecular weight is 507 g/mol. The first-order valence-electron chi connectivity index (χ1n) is 10.9. The minimum atomic E-state index is -0.422. The average Bonchev–Trinajstić information content (AvgIpc) is 3.48. The van der Waals surface area contributed by atoms with Gasteiger partial charge in [-0.2, -0.15) is 0 Å². The maximum atomic E-state index is 13.1. The van der Waals surface area contributed by atoms with E-state index in [1.54, 1.807) is 6.26 Å². The predicted molar refractivity (Wildman–Crippen MR) is 132 cm³/mol. The minimum Gasteiger partial charge on any atom is -0.494 e. The van der Waals surface area contributed by atoms with E-state index in [0.717, 1.165) is 33.8 Å². The summed E-state index contributed by atoms with van der Waals surface area (Å²) in [4.78, 5) is 26.1. The van der Waals surface area contributed by atoms with Crippen molar-refractivity contribution in [3.63, 3.8) is 0 Å². The molecule has 0 fully saturated rings. The largest absolute Gasteiger partial charge is 0.494 e. The normalized spacial score (nSPS) is 14.2. The Hall–Kier alpha value is -3.32. The van der Waals surface area contributed by atoms with Crippen molar-refractivity contribution in [1.82, 2.24) is 9.88 Å². The lowest BCUT2D eigenvalue weighted by Gasteiger charge is -2.10. The standard InChI is InChI=1S/C26H23BrN2O4/c1-15(2)29-14-20(19-13-17(7-8-21(19)29)32-11-4-10-27)23-22(25(30)28-26(23)31)18-6-3-5-16-9-12-33-24(16)18/h3,5-9,12-15H,4,10-11H2,1-2H3,(H,28,30,31). The summed E-state index contributed by atoms with van der Waals surface area (Å²) >= 11 is 3.42. The fourth-order valence-electron chi connectivity index (χ4n) is 4.35.